The summed E-state index contributed by atoms with van der Waals surface area (Å²) in [4.78, 5) is 24.1. The van der Waals surface area contributed by atoms with Gasteiger partial charge < -0.3 is 20.1 Å². The van der Waals surface area contributed by atoms with Crippen molar-refractivity contribution in [2.75, 3.05) is 32.7 Å². The number of anilines is 1. The first-order valence-electron chi connectivity index (χ1n) is 7.46. The zero-order valence-corrected chi connectivity index (χ0v) is 13.7. The molecule has 0 heterocycles. The first-order chi connectivity index (χ1) is 11.6. The number of hydrogen-bond acceptors (Lipinski definition) is 4. The fraction of sp³-hybridized carbons (Fsp3) is 0.222. The van der Waals surface area contributed by atoms with Gasteiger partial charge in [0.15, 0.2) is 0 Å². The largest absolute Gasteiger partial charge is 0.497 e. The maximum absolute atomic E-state index is 12.2. The van der Waals surface area contributed by atoms with Crippen LogP contribution in [0.3, 0.4) is 0 Å². The summed E-state index contributed by atoms with van der Waals surface area (Å²) in [6.07, 6.45) is 0. The highest BCUT2D eigenvalue weighted by Crippen LogP contribution is 2.17. The van der Waals surface area contributed by atoms with Gasteiger partial charge in [-0.3, -0.25) is 9.59 Å². The summed E-state index contributed by atoms with van der Waals surface area (Å²) in [5.74, 6) is 0.206. The number of hydrogen-bond donors (Lipinski definition) is 2. The monoisotopic (exact) mass is 328 g/mol. The van der Waals surface area contributed by atoms with E-state index in [0.717, 1.165) is 0 Å². The second-order valence-electron chi connectivity index (χ2n) is 5.01. The molecule has 0 fully saturated rings. The SMILES string of the molecule is COCCNC(=O)c1ccc(C(=O)Nc2cccc(OC)c2)cc1. The van der Waals surface area contributed by atoms with Crippen LogP contribution in [0.1, 0.15) is 20.7 Å². The average Bonchev–Trinajstić information content (AvgIpc) is 2.62. The molecule has 0 unspecified atom stereocenters. The van der Waals surface area contributed by atoms with Crippen molar-refractivity contribution in [3.63, 3.8) is 0 Å². The van der Waals surface area contributed by atoms with Gasteiger partial charge in [-0.15, -0.1) is 0 Å². The molecule has 2 N–H and O–H groups in total. The van der Waals surface area contributed by atoms with Crippen LogP contribution in [0, 0.1) is 0 Å². The molecule has 126 valence electrons. The third-order valence-corrected chi connectivity index (χ3v) is 3.33. The summed E-state index contributed by atoms with van der Waals surface area (Å²) in [5, 5.41) is 5.51. The second-order valence-corrected chi connectivity index (χ2v) is 5.01. The van der Waals surface area contributed by atoms with E-state index >= 15 is 0 Å². The van der Waals surface area contributed by atoms with Crippen LogP contribution in [0.25, 0.3) is 0 Å². The molecule has 0 aliphatic carbocycles. The first-order valence-corrected chi connectivity index (χ1v) is 7.46. The number of benzene rings is 2. The highest BCUT2D eigenvalue weighted by atomic mass is 16.5. The van der Waals surface area contributed by atoms with E-state index in [2.05, 4.69) is 10.6 Å². The number of methoxy groups -OCH3 is 2. The van der Waals surface area contributed by atoms with Gasteiger partial charge in [-0.25, -0.2) is 0 Å². The molecule has 2 amide bonds. The molecule has 6 nitrogen and oxygen atoms in total. The number of rotatable bonds is 7. The summed E-state index contributed by atoms with van der Waals surface area (Å²) in [7, 11) is 3.14. The number of nitrogens with one attached hydrogen (secondary N) is 2. The lowest BCUT2D eigenvalue weighted by molar-refractivity contribution is 0.0935. The van der Waals surface area contributed by atoms with Gasteiger partial charge in [0.25, 0.3) is 11.8 Å². The Labute approximate surface area is 140 Å². The summed E-state index contributed by atoms with van der Waals surface area (Å²) in [6.45, 7) is 0.889. The molecule has 0 aliphatic heterocycles. The highest BCUT2D eigenvalue weighted by molar-refractivity contribution is 6.05. The second kappa shape index (κ2) is 8.69. The zero-order valence-electron chi connectivity index (χ0n) is 13.7. The van der Waals surface area contributed by atoms with Gasteiger partial charge in [-0.1, -0.05) is 6.07 Å². The fourth-order valence-corrected chi connectivity index (χ4v) is 2.05. The standard InChI is InChI=1S/C18H20N2O4/c1-23-11-10-19-17(21)13-6-8-14(9-7-13)18(22)20-15-4-3-5-16(12-15)24-2/h3-9,12H,10-11H2,1-2H3,(H,19,21)(H,20,22). The van der Waals surface area contributed by atoms with Gasteiger partial charge in [0, 0.05) is 36.5 Å². The molecule has 2 aromatic rings. The van der Waals surface area contributed by atoms with Crippen LogP contribution >= 0.6 is 0 Å². The summed E-state index contributed by atoms with van der Waals surface area (Å²) in [6, 6.07) is 13.6. The molecule has 0 aromatic heterocycles. The third-order valence-electron chi connectivity index (χ3n) is 3.33. The molecule has 0 bridgehead atoms. The first kappa shape index (κ1) is 17.5. The number of ether oxygens (including phenoxy) is 2. The molecule has 6 heteroatoms. The molecular weight excluding hydrogens is 308 g/mol. The summed E-state index contributed by atoms with van der Waals surface area (Å²) in [5.41, 5.74) is 1.59. The van der Waals surface area contributed by atoms with Crippen molar-refractivity contribution in [2.24, 2.45) is 0 Å². The van der Waals surface area contributed by atoms with Crippen molar-refractivity contribution in [1.82, 2.24) is 5.32 Å². The van der Waals surface area contributed by atoms with E-state index < -0.39 is 0 Å². The van der Waals surface area contributed by atoms with E-state index in [0.29, 0.717) is 35.7 Å². The highest BCUT2D eigenvalue weighted by Gasteiger charge is 2.09. The summed E-state index contributed by atoms with van der Waals surface area (Å²) < 4.78 is 10.00. The van der Waals surface area contributed by atoms with Gasteiger partial charge in [0.05, 0.1) is 13.7 Å². The number of amides is 2. The van der Waals surface area contributed by atoms with E-state index in [4.69, 9.17) is 9.47 Å². The minimum atomic E-state index is -0.255. The van der Waals surface area contributed by atoms with Crippen LogP contribution in [0.5, 0.6) is 5.75 Å². The lowest BCUT2D eigenvalue weighted by Gasteiger charge is -2.08. The van der Waals surface area contributed by atoms with Gasteiger partial charge in [-0.05, 0) is 36.4 Å². The van der Waals surface area contributed by atoms with E-state index in [-0.39, 0.29) is 11.8 Å². The van der Waals surface area contributed by atoms with Crippen molar-refractivity contribution >= 4 is 17.5 Å². The molecule has 2 aromatic carbocycles. The van der Waals surface area contributed by atoms with Crippen LogP contribution in [-0.4, -0.2) is 39.2 Å². The Kier molecular flexibility index (Phi) is 6.33. The lowest BCUT2D eigenvalue weighted by Crippen LogP contribution is -2.26. The zero-order chi connectivity index (χ0) is 17.4. The molecule has 0 spiro atoms. The Morgan fingerprint density at radius 1 is 0.958 bits per heavy atom. The molecular formula is C18H20N2O4. The minimum absolute atomic E-state index is 0.202. The Hall–Kier alpha value is -2.86. The van der Waals surface area contributed by atoms with E-state index in [1.165, 1.54) is 0 Å². The smallest absolute Gasteiger partial charge is 0.255 e. The number of carbonyl (C=O) groups is 2. The Morgan fingerprint density at radius 3 is 2.25 bits per heavy atom. The Morgan fingerprint density at radius 2 is 1.62 bits per heavy atom. The Balaban J connectivity index is 1.99. The van der Waals surface area contributed by atoms with Gasteiger partial charge in [0.2, 0.25) is 0 Å². The van der Waals surface area contributed by atoms with Crippen LogP contribution < -0.4 is 15.4 Å². The topological polar surface area (TPSA) is 76.7 Å². The van der Waals surface area contributed by atoms with Crippen LogP contribution in [0.15, 0.2) is 48.5 Å². The number of carbonyl (C=O) groups excluding carboxylic acids is 2. The van der Waals surface area contributed by atoms with E-state index in [9.17, 15) is 9.59 Å². The quantitative estimate of drug-likeness (QED) is 0.765. The molecule has 2 rings (SSSR count). The van der Waals surface area contributed by atoms with Crippen LogP contribution in [0.2, 0.25) is 0 Å². The van der Waals surface area contributed by atoms with Crippen LogP contribution in [-0.2, 0) is 4.74 Å². The van der Waals surface area contributed by atoms with E-state index in [1.807, 2.05) is 0 Å². The van der Waals surface area contributed by atoms with Crippen molar-refractivity contribution in [3.05, 3.63) is 59.7 Å². The predicted molar refractivity (Wildman–Crippen MR) is 91.6 cm³/mol. The molecule has 0 saturated heterocycles. The maximum atomic E-state index is 12.2. The minimum Gasteiger partial charge on any atom is -0.497 e. The van der Waals surface area contributed by atoms with Crippen molar-refractivity contribution < 1.29 is 19.1 Å². The molecule has 0 atom stereocenters. The molecule has 0 saturated carbocycles. The van der Waals surface area contributed by atoms with Gasteiger partial charge in [0.1, 0.15) is 5.75 Å². The normalized spacial score (nSPS) is 10.1. The van der Waals surface area contributed by atoms with Crippen molar-refractivity contribution in [1.29, 1.82) is 0 Å². The fourth-order valence-electron chi connectivity index (χ4n) is 2.05. The maximum Gasteiger partial charge on any atom is 0.255 e. The van der Waals surface area contributed by atoms with Crippen LogP contribution in [0.4, 0.5) is 5.69 Å². The van der Waals surface area contributed by atoms with E-state index in [1.54, 1.807) is 62.8 Å². The predicted octanol–water partition coefficient (Wildman–Crippen LogP) is 2.32. The van der Waals surface area contributed by atoms with Crippen molar-refractivity contribution in [3.8, 4) is 5.75 Å². The molecule has 0 aliphatic rings. The summed E-state index contributed by atoms with van der Waals surface area (Å²) >= 11 is 0. The molecule has 0 radical (unpaired) electrons. The van der Waals surface area contributed by atoms with Gasteiger partial charge in [-0.2, -0.15) is 0 Å². The third kappa shape index (κ3) is 4.82. The molecule has 24 heavy (non-hydrogen) atoms. The van der Waals surface area contributed by atoms with Gasteiger partial charge >= 0.3 is 0 Å². The Bertz CT molecular complexity index is 698. The van der Waals surface area contributed by atoms with Crippen molar-refractivity contribution in [2.45, 2.75) is 0 Å². The lowest BCUT2D eigenvalue weighted by atomic mass is 10.1. The average molecular weight is 328 g/mol.